The Labute approximate surface area is 89.7 Å². The van der Waals surface area contributed by atoms with Crippen LogP contribution in [0.4, 0.5) is 4.79 Å². The first-order chi connectivity index (χ1) is 7.32. The van der Waals surface area contributed by atoms with Gasteiger partial charge in [-0.1, -0.05) is 0 Å². The minimum atomic E-state index is -2.49. The number of amides is 1. The molecule has 16 heavy (non-hydrogen) atoms. The van der Waals surface area contributed by atoms with Crippen LogP contribution >= 0.6 is 0 Å². The zero-order valence-electron chi connectivity index (χ0n) is 8.16. The fourth-order valence-corrected chi connectivity index (χ4v) is 1.75. The van der Waals surface area contributed by atoms with Gasteiger partial charge >= 0.3 is 18.0 Å². The van der Waals surface area contributed by atoms with Crippen molar-refractivity contribution in [2.75, 3.05) is 6.54 Å². The van der Waals surface area contributed by atoms with Gasteiger partial charge in [0.2, 0.25) is 5.54 Å². The molecule has 1 amide bonds. The summed E-state index contributed by atoms with van der Waals surface area (Å²) in [7, 11) is 0. The van der Waals surface area contributed by atoms with Crippen molar-refractivity contribution in [3.05, 3.63) is 0 Å². The first-order valence-corrected chi connectivity index (χ1v) is 4.47. The number of aliphatic hydroxyl groups excluding tert-OH is 1. The molecule has 0 bridgehead atoms. The first kappa shape index (κ1) is 12.2. The molecule has 8 nitrogen and oxygen atoms in total. The standard InChI is InChI=1S/C8H11NO7/c10-4-1-2-8(5(11)12,6(13)14)9(3-4)7(15)16/h4,10H,1-3H2,(H,11,12)(H,13,14)(H,15,16). The minimum absolute atomic E-state index is 0.0671. The number of piperidine rings is 1. The van der Waals surface area contributed by atoms with E-state index in [4.69, 9.17) is 15.3 Å². The van der Waals surface area contributed by atoms with Gasteiger partial charge in [0, 0.05) is 0 Å². The Balaban J connectivity index is 3.18. The fraction of sp³-hybridized carbons (Fsp3) is 0.625. The number of aliphatic carboxylic acids is 2. The van der Waals surface area contributed by atoms with E-state index >= 15 is 0 Å². The Kier molecular flexibility index (Phi) is 3.04. The van der Waals surface area contributed by atoms with Crippen molar-refractivity contribution in [3.8, 4) is 0 Å². The van der Waals surface area contributed by atoms with Gasteiger partial charge in [-0.3, -0.25) is 4.90 Å². The van der Waals surface area contributed by atoms with E-state index in [-0.39, 0.29) is 11.3 Å². The molecule has 0 spiro atoms. The molecule has 4 N–H and O–H groups in total. The molecule has 1 aliphatic heterocycles. The van der Waals surface area contributed by atoms with Crippen molar-refractivity contribution in [2.45, 2.75) is 24.5 Å². The van der Waals surface area contributed by atoms with Crippen LogP contribution in [-0.4, -0.2) is 61.5 Å². The van der Waals surface area contributed by atoms with E-state index in [1.54, 1.807) is 0 Å². The molecule has 8 heteroatoms. The molecule has 1 rings (SSSR count). The predicted molar refractivity (Wildman–Crippen MR) is 48.0 cm³/mol. The highest BCUT2D eigenvalue weighted by molar-refractivity contribution is 6.05. The van der Waals surface area contributed by atoms with E-state index in [2.05, 4.69) is 0 Å². The molecule has 90 valence electrons. The summed E-state index contributed by atoms with van der Waals surface area (Å²) in [4.78, 5) is 33.0. The molecular formula is C8H11NO7. The zero-order valence-corrected chi connectivity index (χ0v) is 8.16. The second-order valence-corrected chi connectivity index (χ2v) is 3.56. The summed E-state index contributed by atoms with van der Waals surface area (Å²) >= 11 is 0. The lowest BCUT2D eigenvalue weighted by atomic mass is 9.86. The number of nitrogens with zero attached hydrogens (tertiary/aromatic N) is 1. The molecule has 0 radical (unpaired) electrons. The monoisotopic (exact) mass is 233 g/mol. The third-order valence-electron chi connectivity index (χ3n) is 2.63. The lowest BCUT2D eigenvalue weighted by Crippen LogP contribution is -2.66. The van der Waals surface area contributed by atoms with Crippen molar-refractivity contribution in [3.63, 3.8) is 0 Å². The second kappa shape index (κ2) is 3.97. The van der Waals surface area contributed by atoms with Gasteiger partial charge in [-0.05, 0) is 12.8 Å². The van der Waals surface area contributed by atoms with Crippen molar-refractivity contribution in [2.24, 2.45) is 0 Å². The van der Waals surface area contributed by atoms with Crippen LogP contribution in [0.2, 0.25) is 0 Å². The van der Waals surface area contributed by atoms with E-state index in [0.717, 1.165) is 0 Å². The number of hydrogen-bond acceptors (Lipinski definition) is 4. The van der Waals surface area contributed by atoms with Crippen LogP contribution in [0.5, 0.6) is 0 Å². The molecule has 0 aromatic rings. The molecule has 1 saturated heterocycles. The maximum absolute atomic E-state index is 11.0. The van der Waals surface area contributed by atoms with Crippen LogP contribution in [0, 0.1) is 0 Å². The largest absolute Gasteiger partial charge is 0.479 e. The smallest absolute Gasteiger partial charge is 0.408 e. The van der Waals surface area contributed by atoms with Crippen LogP contribution < -0.4 is 0 Å². The van der Waals surface area contributed by atoms with Gasteiger partial charge in [0.1, 0.15) is 0 Å². The summed E-state index contributed by atoms with van der Waals surface area (Å²) in [6.07, 6.45) is -3.24. The maximum Gasteiger partial charge on any atom is 0.408 e. The molecule has 0 saturated carbocycles. The Bertz CT molecular complexity index is 325. The van der Waals surface area contributed by atoms with Crippen molar-refractivity contribution >= 4 is 18.0 Å². The van der Waals surface area contributed by atoms with Crippen LogP contribution in [0.15, 0.2) is 0 Å². The number of aliphatic hydroxyl groups is 1. The lowest BCUT2D eigenvalue weighted by Gasteiger charge is -2.40. The summed E-state index contributed by atoms with van der Waals surface area (Å²) in [5, 5.41) is 35.8. The SMILES string of the molecule is O=C(O)N1CC(O)CCC1(C(=O)O)C(=O)O. The summed E-state index contributed by atoms with van der Waals surface area (Å²) in [5.41, 5.74) is -2.49. The molecular weight excluding hydrogens is 222 g/mol. The summed E-state index contributed by atoms with van der Waals surface area (Å²) in [6.45, 7) is -0.520. The van der Waals surface area contributed by atoms with E-state index in [9.17, 15) is 19.5 Å². The first-order valence-electron chi connectivity index (χ1n) is 4.47. The average Bonchev–Trinajstić information content (AvgIpc) is 2.16. The topological polar surface area (TPSA) is 135 Å². The Morgan fingerprint density at radius 3 is 2.00 bits per heavy atom. The molecule has 0 aromatic carbocycles. The minimum Gasteiger partial charge on any atom is -0.479 e. The maximum atomic E-state index is 11.0. The highest BCUT2D eigenvalue weighted by Crippen LogP contribution is 2.29. The number of carbonyl (C=O) groups is 3. The highest BCUT2D eigenvalue weighted by Gasteiger charge is 2.56. The van der Waals surface area contributed by atoms with E-state index in [1.165, 1.54) is 0 Å². The fourth-order valence-electron chi connectivity index (χ4n) is 1.75. The second-order valence-electron chi connectivity index (χ2n) is 3.56. The number of hydrogen-bond donors (Lipinski definition) is 4. The quantitative estimate of drug-likeness (QED) is 0.450. The number of β-amino-alcohol motifs (C(OH)–C–C–N with tert-alkyl or cyclic N) is 1. The number of rotatable bonds is 2. The third-order valence-corrected chi connectivity index (χ3v) is 2.63. The van der Waals surface area contributed by atoms with Crippen LogP contribution in [0.3, 0.4) is 0 Å². The Hall–Kier alpha value is -1.83. The van der Waals surface area contributed by atoms with Crippen molar-refractivity contribution in [1.29, 1.82) is 0 Å². The van der Waals surface area contributed by atoms with Crippen molar-refractivity contribution in [1.82, 2.24) is 4.90 Å². The molecule has 1 heterocycles. The van der Waals surface area contributed by atoms with Gasteiger partial charge in [-0.25, -0.2) is 14.4 Å². The summed E-state index contributed by atoms with van der Waals surface area (Å²) < 4.78 is 0. The van der Waals surface area contributed by atoms with Gasteiger partial charge in [0.25, 0.3) is 0 Å². The van der Waals surface area contributed by atoms with E-state index in [0.29, 0.717) is 0 Å². The van der Waals surface area contributed by atoms with Crippen LogP contribution in [0.1, 0.15) is 12.8 Å². The zero-order chi connectivity index (χ0) is 12.5. The normalized spacial score (nSPS) is 23.8. The third kappa shape index (κ3) is 1.67. The average molecular weight is 233 g/mol. The molecule has 1 aliphatic rings. The van der Waals surface area contributed by atoms with Gasteiger partial charge in [0.05, 0.1) is 12.6 Å². The molecule has 0 aromatic heterocycles. The van der Waals surface area contributed by atoms with Crippen LogP contribution in [0.25, 0.3) is 0 Å². The van der Waals surface area contributed by atoms with Gasteiger partial charge in [-0.2, -0.15) is 0 Å². The van der Waals surface area contributed by atoms with E-state index < -0.39 is 42.6 Å². The summed E-state index contributed by atoms with van der Waals surface area (Å²) in [6, 6.07) is 0. The van der Waals surface area contributed by atoms with Gasteiger partial charge < -0.3 is 20.4 Å². The van der Waals surface area contributed by atoms with E-state index in [1.807, 2.05) is 0 Å². The molecule has 1 unspecified atom stereocenters. The number of carboxylic acids is 2. The van der Waals surface area contributed by atoms with Crippen LogP contribution in [-0.2, 0) is 9.59 Å². The Morgan fingerprint density at radius 2 is 1.62 bits per heavy atom. The summed E-state index contributed by atoms with van der Waals surface area (Å²) in [5.74, 6) is -3.48. The highest BCUT2D eigenvalue weighted by atomic mass is 16.4. The lowest BCUT2D eigenvalue weighted by molar-refractivity contribution is -0.171. The Morgan fingerprint density at radius 1 is 1.12 bits per heavy atom. The molecule has 0 aliphatic carbocycles. The van der Waals surface area contributed by atoms with Crippen molar-refractivity contribution < 1.29 is 34.8 Å². The van der Waals surface area contributed by atoms with Gasteiger partial charge in [0.15, 0.2) is 0 Å². The predicted octanol–water partition coefficient (Wildman–Crippen LogP) is -0.971. The molecule has 1 atom stereocenters. The number of likely N-dealkylation sites (tertiary alicyclic amines) is 1. The number of carboxylic acid groups (broad SMARTS) is 3. The van der Waals surface area contributed by atoms with Gasteiger partial charge in [-0.15, -0.1) is 0 Å². The molecule has 1 fully saturated rings.